The van der Waals surface area contributed by atoms with Gasteiger partial charge in [0.2, 0.25) is 0 Å². The van der Waals surface area contributed by atoms with Gasteiger partial charge in [0.15, 0.2) is 11.5 Å². The van der Waals surface area contributed by atoms with Crippen LogP contribution in [-0.4, -0.2) is 55.7 Å². The molecule has 2 aliphatic heterocycles. The Morgan fingerprint density at radius 2 is 1.67 bits per heavy atom. The van der Waals surface area contributed by atoms with E-state index in [1.165, 1.54) is 70.1 Å². The second-order valence-electron chi connectivity index (χ2n) is 8.40. The van der Waals surface area contributed by atoms with Crippen LogP contribution in [-0.2, 0) is 6.54 Å². The summed E-state index contributed by atoms with van der Waals surface area (Å²) < 4.78 is 12.1. The fraction of sp³-hybridized carbons (Fsp3) is 0.727. The van der Waals surface area contributed by atoms with Crippen LogP contribution in [0.1, 0.15) is 50.5 Å². The molecule has 0 spiro atoms. The van der Waals surface area contributed by atoms with Crippen molar-refractivity contribution < 1.29 is 9.47 Å². The average molecular weight is 437 g/mol. The molecule has 0 N–H and O–H groups in total. The number of nitrogens with zero attached hydrogens (tertiary/aromatic N) is 2. The van der Waals surface area contributed by atoms with Crippen molar-refractivity contribution in [3.63, 3.8) is 0 Å². The van der Waals surface area contributed by atoms with Gasteiger partial charge in [-0.05, 0) is 55.8 Å². The molecule has 1 aromatic carbocycles. The zero-order chi connectivity index (χ0) is 18.8. The molecule has 2 heterocycles. The molecule has 1 aliphatic carbocycles. The van der Waals surface area contributed by atoms with E-state index in [1.54, 1.807) is 14.2 Å². The Hall–Kier alpha value is -0.780. The fourth-order valence-electron chi connectivity index (χ4n) is 5.67. The van der Waals surface area contributed by atoms with E-state index in [-0.39, 0.29) is 0 Å². The number of benzene rings is 1. The molecule has 3 aliphatic rings. The molecule has 150 valence electrons. The Bertz CT molecular complexity index is 647. The largest absolute Gasteiger partial charge is 0.493 e. The lowest BCUT2D eigenvalue weighted by atomic mass is 9.78. The Morgan fingerprint density at radius 3 is 2.41 bits per heavy atom. The lowest BCUT2D eigenvalue weighted by Crippen LogP contribution is -2.59. The first-order chi connectivity index (χ1) is 13.2. The monoisotopic (exact) mass is 436 g/mol. The molecule has 0 bridgehead atoms. The number of hydrogen-bond acceptors (Lipinski definition) is 4. The summed E-state index contributed by atoms with van der Waals surface area (Å²) in [6, 6.07) is 5.68. The highest BCUT2D eigenvalue weighted by molar-refractivity contribution is 9.10. The van der Waals surface area contributed by atoms with E-state index in [9.17, 15) is 0 Å². The minimum atomic E-state index is 0.710. The first-order valence-electron chi connectivity index (χ1n) is 10.6. The first kappa shape index (κ1) is 19.5. The average Bonchev–Trinajstić information content (AvgIpc) is 3.18. The van der Waals surface area contributed by atoms with Gasteiger partial charge in [0.05, 0.1) is 14.2 Å². The van der Waals surface area contributed by atoms with Crippen molar-refractivity contribution in [2.24, 2.45) is 5.92 Å². The maximum absolute atomic E-state index is 5.56. The van der Waals surface area contributed by atoms with E-state index in [1.807, 2.05) is 0 Å². The van der Waals surface area contributed by atoms with Crippen molar-refractivity contribution in [1.82, 2.24) is 9.80 Å². The second-order valence-corrected chi connectivity index (χ2v) is 9.26. The minimum Gasteiger partial charge on any atom is -0.493 e. The van der Waals surface area contributed by atoms with Crippen LogP contribution in [0.3, 0.4) is 0 Å². The first-order valence-corrected chi connectivity index (χ1v) is 11.4. The van der Waals surface area contributed by atoms with E-state index in [0.717, 1.165) is 34.5 Å². The maximum atomic E-state index is 5.56. The van der Waals surface area contributed by atoms with Gasteiger partial charge in [0.25, 0.3) is 0 Å². The summed E-state index contributed by atoms with van der Waals surface area (Å²) in [6.45, 7) is 4.70. The number of hydrogen-bond donors (Lipinski definition) is 0. The van der Waals surface area contributed by atoms with Gasteiger partial charge >= 0.3 is 0 Å². The number of piperazine rings is 1. The predicted octanol–water partition coefficient (Wildman–Crippen LogP) is 4.70. The van der Waals surface area contributed by atoms with Gasteiger partial charge in [0.1, 0.15) is 0 Å². The third-order valence-corrected chi connectivity index (χ3v) is 7.70. The van der Waals surface area contributed by atoms with Gasteiger partial charge < -0.3 is 9.47 Å². The van der Waals surface area contributed by atoms with Crippen LogP contribution in [0.2, 0.25) is 0 Å². The van der Waals surface area contributed by atoms with Crippen LogP contribution in [0.25, 0.3) is 0 Å². The standard InChI is InChI=1S/C22H33BrN2O2/c1-26-20-13-17(18(23)14-21(20)27-2)15-25-12-11-24-10-6-9-19(24)22(25)16-7-4-3-5-8-16/h13-14,16,19,22H,3-12,15H2,1-2H3/t19-,22+/m0/s1. The molecule has 1 saturated carbocycles. The van der Waals surface area contributed by atoms with Gasteiger partial charge in [0, 0.05) is 36.2 Å². The van der Waals surface area contributed by atoms with Crippen LogP contribution in [0.5, 0.6) is 11.5 Å². The summed E-state index contributed by atoms with van der Waals surface area (Å²) in [6.07, 6.45) is 9.85. The third kappa shape index (κ3) is 4.01. The molecule has 0 unspecified atom stereocenters. The van der Waals surface area contributed by atoms with Gasteiger partial charge in [-0.25, -0.2) is 0 Å². The van der Waals surface area contributed by atoms with E-state index >= 15 is 0 Å². The quantitative estimate of drug-likeness (QED) is 0.667. The Balaban J connectivity index is 1.59. The van der Waals surface area contributed by atoms with Gasteiger partial charge in [-0.15, -0.1) is 0 Å². The van der Waals surface area contributed by atoms with Crippen LogP contribution in [0.15, 0.2) is 16.6 Å². The molecule has 4 rings (SSSR count). The number of methoxy groups -OCH3 is 2. The highest BCUT2D eigenvalue weighted by Gasteiger charge is 2.43. The Morgan fingerprint density at radius 1 is 0.926 bits per heavy atom. The van der Waals surface area contributed by atoms with Crippen molar-refractivity contribution in [3.8, 4) is 11.5 Å². The van der Waals surface area contributed by atoms with Crippen LogP contribution in [0.4, 0.5) is 0 Å². The summed E-state index contributed by atoms with van der Waals surface area (Å²) in [5.74, 6) is 2.48. The van der Waals surface area contributed by atoms with Crippen molar-refractivity contribution in [2.45, 2.75) is 63.6 Å². The third-order valence-electron chi connectivity index (χ3n) is 6.96. The summed E-state index contributed by atoms with van der Waals surface area (Å²) in [4.78, 5) is 5.56. The topological polar surface area (TPSA) is 24.9 Å². The molecular formula is C22H33BrN2O2. The lowest BCUT2D eigenvalue weighted by molar-refractivity contribution is -0.00393. The molecular weight excluding hydrogens is 404 g/mol. The number of fused-ring (bicyclic) bond motifs is 1. The zero-order valence-corrected chi connectivity index (χ0v) is 18.3. The van der Waals surface area contributed by atoms with Gasteiger partial charge in [-0.1, -0.05) is 35.2 Å². The van der Waals surface area contributed by atoms with Gasteiger partial charge in [-0.3, -0.25) is 9.80 Å². The minimum absolute atomic E-state index is 0.710. The maximum Gasteiger partial charge on any atom is 0.161 e. The van der Waals surface area contributed by atoms with Crippen LogP contribution >= 0.6 is 15.9 Å². The van der Waals surface area contributed by atoms with E-state index in [0.29, 0.717) is 6.04 Å². The summed E-state index contributed by atoms with van der Waals surface area (Å²) >= 11 is 3.78. The lowest BCUT2D eigenvalue weighted by Gasteiger charge is -2.49. The Kier molecular flexibility index (Phi) is 6.30. The number of ether oxygens (including phenoxy) is 2. The molecule has 0 aromatic heterocycles. The molecule has 2 atom stereocenters. The smallest absolute Gasteiger partial charge is 0.161 e. The second kappa shape index (κ2) is 8.71. The van der Waals surface area contributed by atoms with Crippen molar-refractivity contribution in [2.75, 3.05) is 33.9 Å². The number of rotatable bonds is 5. The molecule has 0 radical (unpaired) electrons. The number of halogens is 1. The fourth-order valence-corrected chi connectivity index (χ4v) is 6.12. The van der Waals surface area contributed by atoms with Crippen LogP contribution < -0.4 is 9.47 Å². The van der Waals surface area contributed by atoms with Crippen LogP contribution in [0, 0.1) is 5.92 Å². The summed E-state index contributed by atoms with van der Waals surface area (Å²) in [7, 11) is 3.42. The van der Waals surface area contributed by atoms with E-state index in [4.69, 9.17) is 9.47 Å². The molecule has 1 aromatic rings. The SMILES string of the molecule is COc1cc(Br)c(CN2CCN3CCC[C@H]3[C@H]2C2CCCCC2)cc1OC. The van der Waals surface area contributed by atoms with Crippen molar-refractivity contribution in [1.29, 1.82) is 0 Å². The molecule has 27 heavy (non-hydrogen) atoms. The normalized spacial score (nSPS) is 27.5. The molecule has 5 heteroatoms. The zero-order valence-electron chi connectivity index (χ0n) is 16.8. The van der Waals surface area contributed by atoms with Crippen molar-refractivity contribution >= 4 is 15.9 Å². The molecule has 2 saturated heterocycles. The summed E-state index contributed by atoms with van der Waals surface area (Å²) in [5, 5.41) is 0. The molecule has 0 amide bonds. The molecule has 3 fully saturated rings. The predicted molar refractivity (Wildman–Crippen MR) is 113 cm³/mol. The highest BCUT2D eigenvalue weighted by Crippen LogP contribution is 2.40. The molecule has 4 nitrogen and oxygen atoms in total. The summed E-state index contributed by atoms with van der Waals surface area (Å²) in [5.41, 5.74) is 1.31. The van der Waals surface area contributed by atoms with E-state index in [2.05, 4.69) is 37.9 Å². The Labute approximate surface area is 172 Å². The highest BCUT2D eigenvalue weighted by atomic mass is 79.9. The van der Waals surface area contributed by atoms with Crippen molar-refractivity contribution in [3.05, 3.63) is 22.2 Å². The van der Waals surface area contributed by atoms with Gasteiger partial charge in [-0.2, -0.15) is 0 Å². The van der Waals surface area contributed by atoms with E-state index < -0.39 is 0 Å².